The average molecular weight is 364 g/mol. The number of benzene rings is 2. The van der Waals surface area contributed by atoms with Crippen molar-refractivity contribution < 1.29 is 23.5 Å². The fourth-order valence-electron chi connectivity index (χ4n) is 2.53. The van der Waals surface area contributed by atoms with Crippen LogP contribution in [0.5, 0.6) is 11.5 Å². The van der Waals surface area contributed by atoms with Gasteiger partial charge in [0, 0.05) is 11.6 Å². The van der Waals surface area contributed by atoms with Crippen LogP contribution in [0.2, 0.25) is 0 Å². The summed E-state index contributed by atoms with van der Waals surface area (Å²) in [5, 5.41) is 3.88. The number of ether oxygens (including phenoxy) is 3. The minimum absolute atomic E-state index is 0.0931. The first kappa shape index (κ1) is 16.8. The lowest BCUT2D eigenvalue weighted by Gasteiger charge is -2.18. The van der Waals surface area contributed by atoms with E-state index >= 15 is 0 Å². The highest BCUT2D eigenvalue weighted by molar-refractivity contribution is 5.87. The summed E-state index contributed by atoms with van der Waals surface area (Å²) in [6.07, 6.45) is 2.98. The number of hydrogen-bond acceptors (Lipinski definition) is 7. The molecule has 0 spiro atoms. The van der Waals surface area contributed by atoms with Gasteiger partial charge < -0.3 is 18.7 Å². The van der Waals surface area contributed by atoms with E-state index in [1.807, 2.05) is 48.5 Å². The van der Waals surface area contributed by atoms with Gasteiger partial charge in [-0.2, -0.15) is 4.98 Å². The van der Waals surface area contributed by atoms with Gasteiger partial charge in [-0.15, -0.1) is 0 Å². The molecule has 7 nitrogen and oxygen atoms in total. The van der Waals surface area contributed by atoms with Crippen molar-refractivity contribution in [1.82, 2.24) is 10.1 Å². The third-order valence-corrected chi connectivity index (χ3v) is 3.82. The molecule has 2 heterocycles. The molecule has 136 valence electrons. The molecule has 2 aromatic carbocycles. The van der Waals surface area contributed by atoms with E-state index in [1.165, 1.54) is 6.08 Å². The highest BCUT2D eigenvalue weighted by atomic mass is 16.6. The highest BCUT2D eigenvalue weighted by Crippen LogP contribution is 2.31. The lowest BCUT2D eigenvalue weighted by Crippen LogP contribution is -2.15. The van der Waals surface area contributed by atoms with Crippen LogP contribution < -0.4 is 9.47 Å². The zero-order chi connectivity index (χ0) is 18.5. The van der Waals surface area contributed by atoms with Crippen LogP contribution in [0.25, 0.3) is 17.5 Å². The molecular formula is C20H16N2O5. The summed E-state index contributed by atoms with van der Waals surface area (Å²) in [6.45, 7) is 0.956. The first-order chi connectivity index (χ1) is 13.3. The quantitative estimate of drug-likeness (QED) is 0.507. The van der Waals surface area contributed by atoms with Crippen LogP contribution in [0.4, 0.5) is 0 Å². The minimum atomic E-state index is -0.510. The maximum atomic E-state index is 11.9. The van der Waals surface area contributed by atoms with Gasteiger partial charge in [0.25, 0.3) is 5.89 Å². The van der Waals surface area contributed by atoms with Crippen molar-refractivity contribution in [2.75, 3.05) is 13.2 Å². The Kier molecular flexibility index (Phi) is 4.82. The van der Waals surface area contributed by atoms with E-state index in [0.29, 0.717) is 30.5 Å². The third-order valence-electron chi connectivity index (χ3n) is 3.82. The van der Waals surface area contributed by atoms with Crippen LogP contribution in [0.15, 0.2) is 59.1 Å². The molecule has 3 aromatic rings. The summed E-state index contributed by atoms with van der Waals surface area (Å²) in [4.78, 5) is 16.1. The minimum Gasteiger partial charge on any atom is -0.486 e. The molecule has 7 heteroatoms. The van der Waals surface area contributed by atoms with Crippen molar-refractivity contribution >= 4 is 12.0 Å². The van der Waals surface area contributed by atoms with E-state index in [9.17, 15) is 4.79 Å². The van der Waals surface area contributed by atoms with Crippen molar-refractivity contribution in [1.29, 1.82) is 0 Å². The fourth-order valence-corrected chi connectivity index (χ4v) is 2.53. The molecule has 0 N–H and O–H groups in total. The Labute approximate surface area is 155 Å². The predicted octanol–water partition coefficient (Wildman–Crippen LogP) is 3.26. The van der Waals surface area contributed by atoms with Gasteiger partial charge in [-0.1, -0.05) is 41.6 Å². The number of nitrogens with zero attached hydrogens (tertiary/aromatic N) is 2. The molecule has 0 saturated heterocycles. The number of hydrogen-bond donors (Lipinski definition) is 0. The SMILES string of the molecule is O=C(/C=C/c1ccc2c(c1)OCCO2)OCc1nc(-c2ccccc2)no1. The molecule has 1 aliphatic rings. The first-order valence-corrected chi connectivity index (χ1v) is 8.40. The predicted molar refractivity (Wildman–Crippen MR) is 96.0 cm³/mol. The van der Waals surface area contributed by atoms with Crippen LogP contribution in [0, 0.1) is 0 Å². The summed E-state index contributed by atoms with van der Waals surface area (Å²) < 4.78 is 21.2. The Morgan fingerprint density at radius 3 is 2.74 bits per heavy atom. The molecule has 0 bridgehead atoms. The zero-order valence-corrected chi connectivity index (χ0v) is 14.3. The largest absolute Gasteiger partial charge is 0.486 e. The van der Waals surface area contributed by atoms with Crippen LogP contribution in [0.3, 0.4) is 0 Å². The Balaban J connectivity index is 1.33. The maximum absolute atomic E-state index is 11.9. The van der Waals surface area contributed by atoms with E-state index in [-0.39, 0.29) is 12.5 Å². The van der Waals surface area contributed by atoms with Gasteiger partial charge in [-0.05, 0) is 23.8 Å². The van der Waals surface area contributed by atoms with E-state index in [2.05, 4.69) is 10.1 Å². The van der Waals surface area contributed by atoms with Crippen molar-refractivity contribution in [3.05, 3.63) is 66.1 Å². The number of carbonyl (C=O) groups excluding carboxylic acids is 1. The molecule has 0 saturated carbocycles. The van der Waals surface area contributed by atoms with Crippen molar-refractivity contribution in [2.45, 2.75) is 6.61 Å². The summed E-state index contributed by atoms with van der Waals surface area (Å²) in [5.41, 5.74) is 1.64. The number of fused-ring (bicyclic) bond motifs is 1. The topological polar surface area (TPSA) is 83.7 Å². The maximum Gasteiger partial charge on any atom is 0.331 e. The first-order valence-electron chi connectivity index (χ1n) is 8.40. The van der Waals surface area contributed by atoms with Gasteiger partial charge >= 0.3 is 5.97 Å². The Morgan fingerprint density at radius 2 is 1.89 bits per heavy atom. The van der Waals surface area contributed by atoms with E-state index < -0.39 is 5.97 Å². The molecule has 0 radical (unpaired) electrons. The van der Waals surface area contributed by atoms with Crippen LogP contribution in [-0.4, -0.2) is 29.3 Å². The van der Waals surface area contributed by atoms with Gasteiger partial charge in [0.15, 0.2) is 18.1 Å². The van der Waals surface area contributed by atoms with Gasteiger partial charge in [-0.25, -0.2) is 4.79 Å². The van der Waals surface area contributed by atoms with Crippen LogP contribution in [-0.2, 0) is 16.1 Å². The molecule has 4 rings (SSSR count). The number of aromatic nitrogens is 2. The molecule has 0 amide bonds. The zero-order valence-electron chi connectivity index (χ0n) is 14.3. The molecule has 0 unspecified atom stereocenters. The number of esters is 1. The summed E-state index contributed by atoms with van der Waals surface area (Å²) in [7, 11) is 0. The average Bonchev–Trinajstić information content (AvgIpc) is 3.20. The van der Waals surface area contributed by atoms with Crippen LogP contribution >= 0.6 is 0 Å². The van der Waals surface area contributed by atoms with Gasteiger partial charge in [0.05, 0.1) is 0 Å². The highest BCUT2D eigenvalue weighted by Gasteiger charge is 2.12. The van der Waals surface area contributed by atoms with Crippen molar-refractivity contribution in [2.24, 2.45) is 0 Å². The standard InChI is InChI=1S/C20H16N2O5/c23-19(9-7-14-6-8-16-17(12-14)25-11-10-24-16)26-13-18-21-20(22-27-18)15-4-2-1-3-5-15/h1-9,12H,10-11,13H2/b9-7+. The summed E-state index contributed by atoms with van der Waals surface area (Å²) in [5.74, 6) is 1.54. The normalized spacial score (nSPS) is 12.9. The third kappa shape index (κ3) is 4.14. The van der Waals surface area contributed by atoms with Crippen LogP contribution in [0.1, 0.15) is 11.5 Å². The molecule has 0 atom stereocenters. The number of carbonyl (C=O) groups is 1. The van der Waals surface area contributed by atoms with Gasteiger partial charge in [0.1, 0.15) is 13.2 Å². The molecule has 27 heavy (non-hydrogen) atoms. The summed E-state index contributed by atoms with van der Waals surface area (Å²) in [6, 6.07) is 14.9. The molecule has 1 aliphatic heterocycles. The monoisotopic (exact) mass is 364 g/mol. The lowest BCUT2D eigenvalue weighted by molar-refractivity contribution is -0.139. The molecule has 0 aliphatic carbocycles. The summed E-state index contributed by atoms with van der Waals surface area (Å²) >= 11 is 0. The number of rotatable bonds is 5. The van der Waals surface area contributed by atoms with E-state index in [4.69, 9.17) is 18.7 Å². The van der Waals surface area contributed by atoms with E-state index in [1.54, 1.807) is 6.08 Å². The second kappa shape index (κ2) is 7.74. The van der Waals surface area contributed by atoms with E-state index in [0.717, 1.165) is 11.1 Å². The Hall–Kier alpha value is -3.61. The lowest BCUT2D eigenvalue weighted by atomic mass is 10.2. The second-order valence-corrected chi connectivity index (χ2v) is 5.72. The second-order valence-electron chi connectivity index (χ2n) is 5.72. The van der Waals surface area contributed by atoms with Crippen molar-refractivity contribution in [3.8, 4) is 22.9 Å². The Morgan fingerprint density at radius 1 is 1.07 bits per heavy atom. The molecular weight excluding hydrogens is 348 g/mol. The Bertz CT molecular complexity index is 966. The van der Waals surface area contributed by atoms with Gasteiger partial charge in [-0.3, -0.25) is 0 Å². The fraction of sp³-hybridized carbons (Fsp3) is 0.150. The van der Waals surface area contributed by atoms with Crippen molar-refractivity contribution in [3.63, 3.8) is 0 Å². The smallest absolute Gasteiger partial charge is 0.331 e. The molecule has 0 fully saturated rings. The molecule has 1 aromatic heterocycles. The van der Waals surface area contributed by atoms with Gasteiger partial charge in [0.2, 0.25) is 5.82 Å².